The van der Waals surface area contributed by atoms with Gasteiger partial charge in [-0.05, 0) is 40.5 Å². The van der Waals surface area contributed by atoms with Crippen LogP contribution in [-0.2, 0) is 4.74 Å². The van der Waals surface area contributed by atoms with Gasteiger partial charge in [-0.1, -0.05) is 12.7 Å². The lowest BCUT2D eigenvalue weighted by atomic mass is 10.1. The summed E-state index contributed by atoms with van der Waals surface area (Å²) in [7, 11) is 0. The van der Waals surface area contributed by atoms with E-state index in [1.807, 2.05) is 0 Å². The van der Waals surface area contributed by atoms with Crippen LogP contribution in [0.5, 0.6) is 0 Å². The van der Waals surface area contributed by atoms with Crippen molar-refractivity contribution in [3.8, 4) is 0 Å². The van der Waals surface area contributed by atoms with Crippen LogP contribution in [0.15, 0.2) is 29.3 Å². The minimum Gasteiger partial charge on any atom is -0.478 e. The van der Waals surface area contributed by atoms with Gasteiger partial charge in [-0.15, -0.1) is 0 Å². The van der Waals surface area contributed by atoms with Crippen LogP contribution in [0.25, 0.3) is 0 Å². The van der Waals surface area contributed by atoms with Crippen molar-refractivity contribution < 1.29 is 19.4 Å². The molecule has 0 saturated carbocycles. The number of carboxylic acids is 1. The zero-order chi connectivity index (χ0) is 13.7. The number of amides is 1. The Morgan fingerprint density at radius 3 is 2.78 bits per heavy atom. The fraction of sp³-hybridized carbons (Fsp3) is 0.167. The zero-order valence-electron chi connectivity index (χ0n) is 9.70. The van der Waals surface area contributed by atoms with Gasteiger partial charge in [-0.3, -0.25) is 5.32 Å². The summed E-state index contributed by atoms with van der Waals surface area (Å²) in [6, 6.07) is 2.86. The second-order valence-electron chi connectivity index (χ2n) is 3.47. The smallest absolute Gasteiger partial charge is 0.411 e. The summed E-state index contributed by atoms with van der Waals surface area (Å²) in [5, 5.41) is 11.4. The van der Waals surface area contributed by atoms with Crippen LogP contribution in [0.4, 0.5) is 10.5 Å². The van der Waals surface area contributed by atoms with E-state index >= 15 is 0 Å². The molecule has 0 radical (unpaired) electrons. The summed E-state index contributed by atoms with van der Waals surface area (Å²) in [5.41, 5.74) is 1.14. The highest BCUT2D eigenvalue weighted by atomic mass is 79.9. The van der Waals surface area contributed by atoms with Crippen LogP contribution < -0.4 is 5.32 Å². The van der Waals surface area contributed by atoms with Crippen molar-refractivity contribution in [2.75, 3.05) is 11.9 Å². The third-order valence-corrected chi connectivity index (χ3v) is 3.12. The Kier molecular flexibility index (Phi) is 4.91. The Hall–Kier alpha value is -1.82. The molecule has 0 unspecified atom stereocenters. The number of hydrogen-bond donors (Lipinski definition) is 2. The topological polar surface area (TPSA) is 75.6 Å². The van der Waals surface area contributed by atoms with Crippen LogP contribution in [0.3, 0.4) is 0 Å². The number of rotatable bonds is 4. The van der Waals surface area contributed by atoms with Crippen LogP contribution in [0, 0.1) is 6.92 Å². The Morgan fingerprint density at radius 1 is 1.56 bits per heavy atom. The molecule has 1 rings (SSSR count). The summed E-state index contributed by atoms with van der Waals surface area (Å²) in [4.78, 5) is 22.3. The molecule has 0 aromatic heterocycles. The maximum atomic E-state index is 11.4. The molecule has 0 aliphatic carbocycles. The predicted molar refractivity (Wildman–Crippen MR) is 71.0 cm³/mol. The molecule has 0 saturated heterocycles. The number of aromatic carboxylic acids is 1. The molecule has 1 amide bonds. The average molecular weight is 314 g/mol. The molecule has 0 aliphatic rings. The van der Waals surface area contributed by atoms with Crippen LogP contribution in [0.2, 0.25) is 0 Å². The van der Waals surface area contributed by atoms with Crippen molar-refractivity contribution in [3.05, 3.63) is 40.4 Å². The van der Waals surface area contributed by atoms with Crippen LogP contribution >= 0.6 is 15.9 Å². The van der Waals surface area contributed by atoms with Gasteiger partial charge in [0, 0.05) is 4.47 Å². The molecule has 0 heterocycles. The monoisotopic (exact) mass is 313 g/mol. The van der Waals surface area contributed by atoms with E-state index in [-0.39, 0.29) is 12.2 Å². The Bertz CT molecular complexity index is 499. The van der Waals surface area contributed by atoms with Gasteiger partial charge in [0.15, 0.2) is 0 Å². The van der Waals surface area contributed by atoms with Gasteiger partial charge in [0.25, 0.3) is 0 Å². The number of nitrogens with one attached hydrogen (secondary N) is 1. The molecule has 0 atom stereocenters. The minimum absolute atomic E-state index is 0.0844. The first kappa shape index (κ1) is 14.2. The lowest BCUT2D eigenvalue weighted by Crippen LogP contribution is -2.14. The molecule has 1 aromatic rings. The zero-order valence-corrected chi connectivity index (χ0v) is 11.3. The molecular formula is C12H12BrNO4. The van der Waals surface area contributed by atoms with Crippen molar-refractivity contribution in [2.45, 2.75) is 6.92 Å². The number of hydrogen-bond acceptors (Lipinski definition) is 3. The summed E-state index contributed by atoms with van der Waals surface area (Å²) in [5.74, 6) is -1.06. The second-order valence-corrected chi connectivity index (χ2v) is 4.26. The summed E-state index contributed by atoms with van der Waals surface area (Å²) in [6.07, 6.45) is 0.769. The molecule has 18 heavy (non-hydrogen) atoms. The van der Waals surface area contributed by atoms with Gasteiger partial charge in [-0.2, -0.15) is 0 Å². The second kappa shape index (κ2) is 6.20. The molecule has 0 bridgehead atoms. The van der Waals surface area contributed by atoms with Crippen LogP contribution in [-0.4, -0.2) is 23.8 Å². The van der Waals surface area contributed by atoms with E-state index in [0.717, 1.165) is 0 Å². The number of ether oxygens (including phenoxy) is 1. The van der Waals surface area contributed by atoms with Crippen molar-refractivity contribution >= 4 is 33.7 Å². The van der Waals surface area contributed by atoms with Gasteiger partial charge in [0.1, 0.15) is 6.61 Å². The van der Waals surface area contributed by atoms with E-state index < -0.39 is 12.1 Å². The maximum Gasteiger partial charge on any atom is 0.411 e. The molecular weight excluding hydrogens is 302 g/mol. The first-order valence-electron chi connectivity index (χ1n) is 5.03. The lowest BCUT2D eigenvalue weighted by molar-refractivity contribution is 0.0696. The normalized spacial score (nSPS) is 9.67. The molecule has 5 nitrogen and oxygen atoms in total. The molecule has 0 aliphatic heterocycles. The number of carbonyl (C=O) groups is 2. The van der Waals surface area contributed by atoms with Crippen LogP contribution in [0.1, 0.15) is 15.9 Å². The third kappa shape index (κ3) is 3.59. The minimum atomic E-state index is -1.06. The highest BCUT2D eigenvalue weighted by Gasteiger charge is 2.12. The molecule has 96 valence electrons. The molecule has 1 aromatic carbocycles. The number of carboxylic acid groups (broad SMARTS) is 1. The Labute approximate surface area is 113 Å². The van der Waals surface area contributed by atoms with Gasteiger partial charge >= 0.3 is 12.1 Å². The van der Waals surface area contributed by atoms with Gasteiger partial charge in [0.2, 0.25) is 0 Å². The van der Waals surface area contributed by atoms with Gasteiger partial charge in [0.05, 0.1) is 11.3 Å². The first-order chi connectivity index (χ1) is 8.45. The quantitative estimate of drug-likeness (QED) is 0.837. The van der Waals surface area contributed by atoms with E-state index in [0.29, 0.717) is 15.7 Å². The van der Waals surface area contributed by atoms with E-state index in [2.05, 4.69) is 27.8 Å². The summed E-state index contributed by atoms with van der Waals surface area (Å²) in [6.45, 7) is 5.23. The number of halogens is 1. The SMILES string of the molecule is C=CCOC(=O)Nc1cc(C(=O)O)cc(C)c1Br. The molecule has 0 spiro atoms. The highest BCUT2D eigenvalue weighted by Crippen LogP contribution is 2.28. The number of aryl methyl sites for hydroxylation is 1. The summed E-state index contributed by atoms with van der Waals surface area (Å²) < 4.78 is 5.37. The fourth-order valence-corrected chi connectivity index (χ4v) is 1.59. The standard InChI is InChI=1S/C12H12BrNO4/c1-3-4-18-12(17)14-9-6-8(11(15)16)5-7(2)10(9)13/h3,5-6H,1,4H2,2H3,(H,14,17)(H,15,16). The average Bonchev–Trinajstić information content (AvgIpc) is 2.31. The Balaban J connectivity index is 2.97. The third-order valence-electron chi connectivity index (χ3n) is 2.07. The first-order valence-corrected chi connectivity index (χ1v) is 5.83. The number of carbonyl (C=O) groups excluding carboxylic acids is 1. The van der Waals surface area contributed by atoms with Crippen molar-refractivity contribution in [1.29, 1.82) is 0 Å². The largest absolute Gasteiger partial charge is 0.478 e. The van der Waals surface area contributed by atoms with E-state index in [1.165, 1.54) is 18.2 Å². The lowest BCUT2D eigenvalue weighted by Gasteiger charge is -2.10. The van der Waals surface area contributed by atoms with Gasteiger partial charge in [-0.25, -0.2) is 9.59 Å². The van der Waals surface area contributed by atoms with E-state index in [9.17, 15) is 9.59 Å². The maximum absolute atomic E-state index is 11.4. The number of benzene rings is 1. The molecule has 0 fully saturated rings. The van der Waals surface area contributed by atoms with Gasteiger partial charge < -0.3 is 9.84 Å². The van der Waals surface area contributed by atoms with E-state index in [4.69, 9.17) is 9.84 Å². The summed E-state index contributed by atoms with van der Waals surface area (Å²) >= 11 is 3.28. The van der Waals surface area contributed by atoms with Crippen molar-refractivity contribution in [3.63, 3.8) is 0 Å². The van der Waals surface area contributed by atoms with E-state index in [1.54, 1.807) is 6.92 Å². The Morgan fingerprint density at radius 2 is 2.22 bits per heavy atom. The molecule has 2 N–H and O–H groups in total. The van der Waals surface area contributed by atoms with Crippen molar-refractivity contribution in [1.82, 2.24) is 0 Å². The van der Waals surface area contributed by atoms with Crippen molar-refractivity contribution in [2.24, 2.45) is 0 Å². The fourth-order valence-electron chi connectivity index (χ4n) is 1.26. The number of anilines is 1. The molecule has 6 heteroatoms. The predicted octanol–water partition coefficient (Wildman–Crippen LogP) is 3.19. The highest BCUT2D eigenvalue weighted by molar-refractivity contribution is 9.10.